The van der Waals surface area contributed by atoms with E-state index in [0.29, 0.717) is 0 Å². The molecule has 1 nitrogen and oxygen atoms in total. The van der Waals surface area contributed by atoms with E-state index in [1.54, 1.807) is 22.7 Å². The molecule has 1 atom stereocenters. The van der Waals surface area contributed by atoms with Gasteiger partial charge >= 0.3 is 0 Å². The van der Waals surface area contributed by atoms with Crippen LogP contribution in [-0.2, 0) is 0 Å². The molecule has 86 valence electrons. The van der Waals surface area contributed by atoms with Crippen LogP contribution in [0, 0.1) is 13.8 Å². The summed E-state index contributed by atoms with van der Waals surface area (Å²) in [6.45, 7) is 4.08. The Kier molecular flexibility index (Phi) is 3.76. The molecule has 0 aliphatic carbocycles. The van der Waals surface area contributed by atoms with Gasteiger partial charge in [-0.05, 0) is 53.0 Å². The lowest BCUT2D eigenvalue weighted by atomic mass is 10.2. The Bertz CT molecular complexity index is 433. The quantitative estimate of drug-likeness (QED) is 0.830. The van der Waals surface area contributed by atoms with E-state index in [0.717, 1.165) is 18.6 Å². The van der Waals surface area contributed by atoms with Gasteiger partial charge in [0, 0.05) is 9.75 Å². The van der Waals surface area contributed by atoms with Gasteiger partial charge in [-0.2, -0.15) is 0 Å². The molecule has 0 saturated heterocycles. The molecule has 0 aliphatic heterocycles. The fourth-order valence-corrected chi connectivity index (χ4v) is 4.32. The molecule has 5 heteroatoms. The van der Waals surface area contributed by atoms with Crippen LogP contribution in [-0.4, -0.2) is 0 Å². The van der Waals surface area contributed by atoms with Crippen molar-refractivity contribution >= 4 is 50.2 Å². The average molecular weight is 337 g/mol. The number of nitrogens with two attached hydrogens (primary N) is 1. The second-order valence-corrected chi connectivity index (χ2v) is 7.78. The van der Waals surface area contributed by atoms with E-state index in [-0.39, 0.29) is 6.04 Å². The van der Waals surface area contributed by atoms with Crippen LogP contribution < -0.4 is 5.73 Å². The zero-order chi connectivity index (χ0) is 11.9. The molecule has 2 aromatic rings. The molecule has 0 bridgehead atoms. The smallest absolute Gasteiger partial charge is 0.0961 e. The van der Waals surface area contributed by atoms with E-state index in [1.165, 1.54) is 10.4 Å². The van der Waals surface area contributed by atoms with Crippen LogP contribution in [0.3, 0.4) is 0 Å². The van der Waals surface area contributed by atoms with E-state index < -0.39 is 0 Å². The van der Waals surface area contributed by atoms with Gasteiger partial charge < -0.3 is 5.73 Å². The third kappa shape index (κ3) is 2.36. The van der Waals surface area contributed by atoms with Crippen molar-refractivity contribution in [1.29, 1.82) is 0 Å². The van der Waals surface area contributed by atoms with Crippen LogP contribution in [0.1, 0.15) is 26.9 Å². The normalized spacial score (nSPS) is 13.1. The molecule has 1 unspecified atom stereocenters. The van der Waals surface area contributed by atoms with Gasteiger partial charge in [-0.25, -0.2) is 0 Å². The Balaban J connectivity index is 2.34. The summed E-state index contributed by atoms with van der Waals surface area (Å²) >= 11 is 12.8. The van der Waals surface area contributed by atoms with Crippen molar-refractivity contribution in [2.75, 3.05) is 0 Å². The zero-order valence-electron chi connectivity index (χ0n) is 8.88. The molecule has 2 aromatic heterocycles. The predicted molar refractivity (Wildman–Crippen MR) is 76.9 cm³/mol. The molecule has 2 rings (SSSR count). The fraction of sp³-hybridized carbons (Fsp3) is 0.273. The molecule has 0 aliphatic rings. The van der Waals surface area contributed by atoms with E-state index in [9.17, 15) is 0 Å². The highest BCUT2D eigenvalue weighted by Crippen LogP contribution is 2.37. The highest BCUT2D eigenvalue weighted by molar-refractivity contribution is 9.11. The monoisotopic (exact) mass is 335 g/mol. The first-order chi connectivity index (χ1) is 7.49. The molecule has 2 N–H and O–H groups in total. The van der Waals surface area contributed by atoms with Crippen molar-refractivity contribution in [1.82, 2.24) is 0 Å². The highest BCUT2D eigenvalue weighted by Gasteiger charge is 2.16. The van der Waals surface area contributed by atoms with Gasteiger partial charge in [-0.15, -0.1) is 22.7 Å². The molecule has 2 heterocycles. The second kappa shape index (κ2) is 4.78. The lowest BCUT2D eigenvalue weighted by molar-refractivity contribution is 0.915. The number of aryl methyl sites for hydroxylation is 2. The summed E-state index contributed by atoms with van der Waals surface area (Å²) in [6.07, 6.45) is 0. The Labute approximate surface area is 116 Å². The first kappa shape index (κ1) is 12.6. The lowest BCUT2D eigenvalue weighted by Crippen LogP contribution is -2.08. The van der Waals surface area contributed by atoms with Gasteiger partial charge in [0.1, 0.15) is 0 Å². The van der Waals surface area contributed by atoms with Crippen molar-refractivity contribution in [3.63, 3.8) is 0 Å². The first-order valence-electron chi connectivity index (χ1n) is 4.76. The van der Waals surface area contributed by atoms with Gasteiger partial charge in [0.05, 0.1) is 14.2 Å². The first-order valence-corrected chi connectivity index (χ1v) is 7.56. The average Bonchev–Trinajstić information content (AvgIpc) is 2.72. The number of hydrogen-bond donors (Lipinski definition) is 1. The maximum atomic E-state index is 6.22. The molecule has 0 aromatic carbocycles. The Hall–Kier alpha value is 0.130. The molecule has 0 spiro atoms. The fourth-order valence-electron chi connectivity index (χ4n) is 1.41. The lowest BCUT2D eigenvalue weighted by Gasteiger charge is -2.05. The van der Waals surface area contributed by atoms with Crippen LogP contribution in [0.25, 0.3) is 0 Å². The minimum Gasteiger partial charge on any atom is -0.319 e. The maximum Gasteiger partial charge on any atom is 0.0961 e. The molecule has 0 saturated carbocycles. The SMILES string of the molecule is Cc1cc(C(N)c2cc(C)c(Br)s2)sc1Cl. The van der Waals surface area contributed by atoms with Crippen molar-refractivity contribution in [3.8, 4) is 0 Å². The summed E-state index contributed by atoms with van der Waals surface area (Å²) in [6, 6.07) is 4.13. The summed E-state index contributed by atoms with van der Waals surface area (Å²) in [7, 11) is 0. The molecular formula is C11H11BrClNS2. The Morgan fingerprint density at radius 1 is 1.19 bits per heavy atom. The third-order valence-electron chi connectivity index (χ3n) is 2.37. The van der Waals surface area contributed by atoms with E-state index in [4.69, 9.17) is 17.3 Å². The number of rotatable bonds is 2. The minimum absolute atomic E-state index is 0.0637. The van der Waals surface area contributed by atoms with Crippen LogP contribution in [0.4, 0.5) is 0 Å². The van der Waals surface area contributed by atoms with Crippen molar-refractivity contribution in [3.05, 3.63) is 41.1 Å². The Morgan fingerprint density at radius 3 is 2.19 bits per heavy atom. The Morgan fingerprint density at radius 2 is 1.75 bits per heavy atom. The van der Waals surface area contributed by atoms with Crippen molar-refractivity contribution < 1.29 is 0 Å². The number of halogens is 2. The molecular weight excluding hydrogens is 326 g/mol. The van der Waals surface area contributed by atoms with Gasteiger partial charge in [0.25, 0.3) is 0 Å². The third-order valence-corrected chi connectivity index (χ3v) is 6.22. The summed E-state index contributed by atoms with van der Waals surface area (Å²) in [5, 5.41) is 0. The summed E-state index contributed by atoms with van der Waals surface area (Å²) in [4.78, 5) is 2.29. The largest absolute Gasteiger partial charge is 0.319 e. The van der Waals surface area contributed by atoms with Gasteiger partial charge in [0.15, 0.2) is 0 Å². The molecule has 16 heavy (non-hydrogen) atoms. The van der Waals surface area contributed by atoms with Gasteiger partial charge in [0.2, 0.25) is 0 Å². The summed E-state index contributed by atoms with van der Waals surface area (Å²) < 4.78 is 1.98. The van der Waals surface area contributed by atoms with Crippen molar-refractivity contribution in [2.24, 2.45) is 5.73 Å². The van der Waals surface area contributed by atoms with Crippen LogP contribution >= 0.6 is 50.2 Å². The summed E-state index contributed by atoms with van der Waals surface area (Å²) in [5.74, 6) is 0. The van der Waals surface area contributed by atoms with E-state index in [2.05, 4.69) is 35.0 Å². The maximum absolute atomic E-state index is 6.22. The predicted octanol–water partition coefficient (Wildman–Crippen LogP) is 4.89. The molecule has 0 amide bonds. The number of hydrogen-bond acceptors (Lipinski definition) is 3. The van der Waals surface area contributed by atoms with Crippen LogP contribution in [0.2, 0.25) is 4.34 Å². The van der Waals surface area contributed by atoms with E-state index in [1.807, 2.05) is 6.92 Å². The van der Waals surface area contributed by atoms with Gasteiger partial charge in [-0.3, -0.25) is 0 Å². The standard InChI is InChI=1S/C11H11BrClNS2/c1-5-3-7(15-10(5)12)9(14)8-4-6(2)11(13)16-8/h3-4,9H,14H2,1-2H3. The minimum atomic E-state index is -0.0637. The van der Waals surface area contributed by atoms with Gasteiger partial charge in [-0.1, -0.05) is 11.6 Å². The molecule has 0 radical (unpaired) electrons. The second-order valence-electron chi connectivity index (χ2n) is 3.69. The van der Waals surface area contributed by atoms with Crippen molar-refractivity contribution in [2.45, 2.75) is 19.9 Å². The molecule has 0 fully saturated rings. The van der Waals surface area contributed by atoms with E-state index >= 15 is 0 Å². The zero-order valence-corrected chi connectivity index (χ0v) is 12.9. The highest BCUT2D eigenvalue weighted by atomic mass is 79.9. The topological polar surface area (TPSA) is 26.0 Å². The summed E-state index contributed by atoms with van der Waals surface area (Å²) in [5.41, 5.74) is 8.55. The van der Waals surface area contributed by atoms with Crippen LogP contribution in [0.5, 0.6) is 0 Å². The van der Waals surface area contributed by atoms with Crippen LogP contribution in [0.15, 0.2) is 15.9 Å². The number of thiophene rings is 2.